The van der Waals surface area contributed by atoms with E-state index in [0.717, 1.165) is 28.7 Å². The minimum atomic E-state index is -1.16. The van der Waals surface area contributed by atoms with E-state index in [-0.39, 0.29) is 5.56 Å². The van der Waals surface area contributed by atoms with Crippen molar-refractivity contribution in [2.45, 2.75) is 24.3 Å². The average molecular weight is 316 g/mol. The van der Waals surface area contributed by atoms with Crippen molar-refractivity contribution in [3.63, 3.8) is 0 Å². The number of aryl methyl sites for hydroxylation is 1. The summed E-state index contributed by atoms with van der Waals surface area (Å²) >= 11 is 1.54. The fourth-order valence-electron chi connectivity index (χ4n) is 1.82. The number of hydrogen-bond donors (Lipinski definition) is 0. The van der Waals surface area contributed by atoms with Crippen molar-refractivity contribution in [3.8, 4) is 0 Å². The summed E-state index contributed by atoms with van der Waals surface area (Å²) in [5, 5.41) is 11.5. The lowest BCUT2D eigenvalue weighted by Crippen LogP contribution is -2.21. The number of anilines is 1. The second-order valence-electron chi connectivity index (χ2n) is 5.02. The van der Waals surface area contributed by atoms with Crippen molar-refractivity contribution in [1.29, 1.82) is 0 Å². The first-order valence-corrected chi connectivity index (χ1v) is 7.96. The molecule has 0 aliphatic rings. The van der Waals surface area contributed by atoms with Crippen LogP contribution < -0.4 is 10.0 Å². The summed E-state index contributed by atoms with van der Waals surface area (Å²) in [5.41, 5.74) is 2.22. The first-order valence-electron chi connectivity index (χ1n) is 6.98. The van der Waals surface area contributed by atoms with Crippen molar-refractivity contribution in [3.05, 3.63) is 47.2 Å². The van der Waals surface area contributed by atoms with Gasteiger partial charge in [-0.15, -0.1) is 0 Å². The number of hydrogen-bond acceptors (Lipinski definition) is 6. The fraction of sp³-hybridized carbons (Fsp3) is 0.312. The standard InChI is InChI=1S/C16H19N3O2S/c1-4-13-9-14(19(2)3)18-16(17-13)22-10-11-5-7-12(8-6-11)15(20)21/h5-9H,4,10H2,1-3H3,(H,20,21)/p-1. The van der Waals surface area contributed by atoms with Crippen LogP contribution >= 0.6 is 11.8 Å². The first-order chi connectivity index (χ1) is 10.5. The molecule has 0 spiro atoms. The molecule has 1 aromatic carbocycles. The van der Waals surface area contributed by atoms with E-state index < -0.39 is 5.97 Å². The molecule has 0 N–H and O–H groups in total. The van der Waals surface area contributed by atoms with Gasteiger partial charge in [-0.25, -0.2) is 9.97 Å². The number of carbonyl (C=O) groups is 1. The van der Waals surface area contributed by atoms with Crippen LogP contribution in [0.25, 0.3) is 0 Å². The summed E-state index contributed by atoms with van der Waals surface area (Å²) in [6.07, 6.45) is 0.858. The van der Waals surface area contributed by atoms with Gasteiger partial charge >= 0.3 is 0 Å². The minimum absolute atomic E-state index is 0.188. The summed E-state index contributed by atoms with van der Waals surface area (Å²) < 4.78 is 0. The number of carboxylic acid groups (broad SMARTS) is 1. The molecular weight excluding hydrogens is 298 g/mol. The van der Waals surface area contributed by atoms with Crippen LogP contribution in [0.4, 0.5) is 5.82 Å². The molecule has 2 aromatic rings. The van der Waals surface area contributed by atoms with Crippen LogP contribution in [0.5, 0.6) is 0 Å². The Hall–Kier alpha value is -2.08. The van der Waals surface area contributed by atoms with Crippen molar-refractivity contribution in [1.82, 2.24) is 9.97 Å². The molecule has 2 rings (SSSR count). The fourth-order valence-corrected chi connectivity index (χ4v) is 2.65. The van der Waals surface area contributed by atoms with Crippen LogP contribution in [0.1, 0.15) is 28.5 Å². The van der Waals surface area contributed by atoms with Gasteiger partial charge in [0.15, 0.2) is 5.16 Å². The second-order valence-corrected chi connectivity index (χ2v) is 5.96. The molecule has 1 aromatic heterocycles. The largest absolute Gasteiger partial charge is 0.545 e. The quantitative estimate of drug-likeness (QED) is 0.597. The smallest absolute Gasteiger partial charge is 0.190 e. The molecule has 0 saturated heterocycles. The van der Waals surface area contributed by atoms with E-state index >= 15 is 0 Å². The van der Waals surface area contributed by atoms with Gasteiger partial charge in [-0.05, 0) is 17.5 Å². The summed E-state index contributed by atoms with van der Waals surface area (Å²) in [7, 11) is 3.91. The highest BCUT2D eigenvalue weighted by Gasteiger charge is 2.06. The van der Waals surface area contributed by atoms with Crippen LogP contribution in [-0.2, 0) is 12.2 Å². The molecule has 1 heterocycles. The summed E-state index contributed by atoms with van der Waals surface area (Å²) in [5.74, 6) is 0.420. The highest BCUT2D eigenvalue weighted by molar-refractivity contribution is 7.98. The van der Waals surface area contributed by atoms with E-state index in [2.05, 4.69) is 16.9 Å². The first kappa shape index (κ1) is 16.3. The molecule has 0 fully saturated rings. The topological polar surface area (TPSA) is 69.2 Å². The summed E-state index contributed by atoms with van der Waals surface area (Å²) in [6, 6.07) is 8.67. The molecule has 0 aliphatic heterocycles. The molecule has 116 valence electrons. The Morgan fingerprint density at radius 3 is 2.45 bits per heavy atom. The third kappa shape index (κ3) is 4.21. The van der Waals surface area contributed by atoms with E-state index in [1.807, 2.05) is 25.1 Å². The molecule has 0 amide bonds. The third-order valence-corrected chi connectivity index (χ3v) is 4.04. The van der Waals surface area contributed by atoms with Crippen LogP contribution in [0, 0.1) is 0 Å². The number of nitrogens with zero attached hydrogens (tertiary/aromatic N) is 3. The maximum atomic E-state index is 10.7. The number of aromatic carboxylic acids is 1. The number of rotatable bonds is 6. The monoisotopic (exact) mass is 316 g/mol. The molecular formula is C16H18N3O2S-. The van der Waals surface area contributed by atoms with E-state index in [9.17, 15) is 9.90 Å². The number of carboxylic acids is 1. The maximum Gasteiger partial charge on any atom is 0.190 e. The predicted octanol–water partition coefficient (Wildman–Crippen LogP) is 1.76. The third-order valence-electron chi connectivity index (χ3n) is 3.12. The van der Waals surface area contributed by atoms with Gasteiger partial charge in [-0.1, -0.05) is 43.0 Å². The Kier molecular flexibility index (Phi) is 5.38. The average Bonchev–Trinajstić information content (AvgIpc) is 2.52. The van der Waals surface area contributed by atoms with Crippen LogP contribution in [0.3, 0.4) is 0 Å². The van der Waals surface area contributed by atoms with E-state index in [1.54, 1.807) is 24.3 Å². The zero-order valence-corrected chi connectivity index (χ0v) is 13.7. The molecule has 0 radical (unpaired) electrons. The van der Waals surface area contributed by atoms with Crippen LogP contribution in [0.2, 0.25) is 0 Å². The van der Waals surface area contributed by atoms with Crippen LogP contribution in [-0.4, -0.2) is 30.0 Å². The van der Waals surface area contributed by atoms with Crippen molar-refractivity contribution >= 4 is 23.5 Å². The highest BCUT2D eigenvalue weighted by atomic mass is 32.2. The number of benzene rings is 1. The number of carbonyl (C=O) groups excluding carboxylic acids is 1. The van der Waals surface area contributed by atoms with E-state index in [4.69, 9.17) is 0 Å². The Bertz CT molecular complexity index is 657. The van der Waals surface area contributed by atoms with Crippen molar-refractivity contribution < 1.29 is 9.90 Å². The number of thioether (sulfide) groups is 1. The molecule has 0 bridgehead atoms. The van der Waals surface area contributed by atoms with Crippen LogP contribution in [0.15, 0.2) is 35.5 Å². The Morgan fingerprint density at radius 2 is 1.91 bits per heavy atom. The van der Waals surface area contributed by atoms with Gasteiger partial charge < -0.3 is 14.8 Å². The normalized spacial score (nSPS) is 10.5. The van der Waals surface area contributed by atoms with Gasteiger partial charge in [0.05, 0.1) is 5.97 Å². The van der Waals surface area contributed by atoms with Gasteiger partial charge in [0.25, 0.3) is 0 Å². The predicted molar refractivity (Wildman–Crippen MR) is 86.1 cm³/mol. The van der Waals surface area contributed by atoms with Gasteiger partial charge in [-0.3, -0.25) is 0 Å². The Labute approximate surface area is 134 Å². The lowest BCUT2D eigenvalue weighted by Gasteiger charge is -2.13. The van der Waals surface area contributed by atoms with Gasteiger partial charge in [0.1, 0.15) is 5.82 Å². The highest BCUT2D eigenvalue weighted by Crippen LogP contribution is 2.22. The summed E-state index contributed by atoms with van der Waals surface area (Å²) in [4.78, 5) is 21.7. The molecule has 22 heavy (non-hydrogen) atoms. The van der Waals surface area contributed by atoms with Gasteiger partial charge in [0, 0.05) is 31.6 Å². The zero-order valence-electron chi connectivity index (χ0n) is 12.9. The minimum Gasteiger partial charge on any atom is -0.545 e. The maximum absolute atomic E-state index is 10.7. The molecule has 0 aliphatic carbocycles. The lowest BCUT2D eigenvalue weighted by molar-refractivity contribution is -0.255. The van der Waals surface area contributed by atoms with Gasteiger partial charge in [-0.2, -0.15) is 0 Å². The Balaban J connectivity index is 2.10. The van der Waals surface area contributed by atoms with Crippen molar-refractivity contribution in [2.75, 3.05) is 19.0 Å². The number of aromatic nitrogens is 2. The zero-order chi connectivity index (χ0) is 16.1. The Morgan fingerprint density at radius 1 is 1.23 bits per heavy atom. The lowest BCUT2D eigenvalue weighted by atomic mass is 10.1. The van der Waals surface area contributed by atoms with Gasteiger partial charge in [0.2, 0.25) is 0 Å². The molecule has 0 saturated carbocycles. The SMILES string of the molecule is CCc1cc(N(C)C)nc(SCc2ccc(C(=O)[O-])cc2)n1. The molecule has 0 unspecified atom stereocenters. The molecule has 5 nitrogen and oxygen atoms in total. The second kappa shape index (κ2) is 7.26. The summed E-state index contributed by atoms with van der Waals surface area (Å²) in [6.45, 7) is 2.06. The molecule has 0 atom stereocenters. The molecule has 6 heteroatoms. The van der Waals surface area contributed by atoms with Crippen molar-refractivity contribution in [2.24, 2.45) is 0 Å². The van der Waals surface area contributed by atoms with E-state index in [0.29, 0.717) is 5.75 Å². The van der Waals surface area contributed by atoms with E-state index in [1.165, 1.54) is 11.8 Å².